The van der Waals surface area contributed by atoms with Crippen LogP contribution in [0.25, 0.3) is 0 Å². The second-order valence-electron chi connectivity index (χ2n) is 6.55. The van der Waals surface area contributed by atoms with Crippen LogP contribution in [0.2, 0.25) is 0 Å². The molecule has 1 N–H and O–H groups in total. The minimum absolute atomic E-state index is 0.720. The van der Waals surface area contributed by atoms with Crippen molar-refractivity contribution in [3.8, 4) is 0 Å². The lowest BCUT2D eigenvalue weighted by Crippen LogP contribution is -2.56. The summed E-state index contributed by atoms with van der Waals surface area (Å²) in [6.07, 6.45) is 11.3. The summed E-state index contributed by atoms with van der Waals surface area (Å²) in [5.74, 6) is 0.877. The molecule has 2 rings (SSSR count). The third-order valence-electron chi connectivity index (χ3n) is 5.45. The second-order valence-corrected chi connectivity index (χ2v) is 6.55. The molecule has 1 saturated heterocycles. The van der Waals surface area contributed by atoms with E-state index in [-0.39, 0.29) is 0 Å². The van der Waals surface area contributed by atoms with Gasteiger partial charge in [0.25, 0.3) is 0 Å². The summed E-state index contributed by atoms with van der Waals surface area (Å²) in [5, 5.41) is 3.61. The minimum atomic E-state index is 0.720. The molecular formula is C16H32N2. The molecule has 2 nitrogen and oxygen atoms in total. The van der Waals surface area contributed by atoms with Crippen LogP contribution in [-0.2, 0) is 0 Å². The topological polar surface area (TPSA) is 15.3 Å². The molecule has 0 aromatic rings. The van der Waals surface area contributed by atoms with Gasteiger partial charge in [0.05, 0.1) is 0 Å². The van der Waals surface area contributed by atoms with Gasteiger partial charge in [0, 0.05) is 18.1 Å². The number of hydrogen-bond acceptors (Lipinski definition) is 2. The average Bonchev–Trinajstić information content (AvgIpc) is 2.34. The highest BCUT2D eigenvalue weighted by atomic mass is 15.2. The zero-order valence-electron chi connectivity index (χ0n) is 12.6. The van der Waals surface area contributed by atoms with Crippen LogP contribution in [0.5, 0.6) is 0 Å². The fourth-order valence-electron chi connectivity index (χ4n) is 4.03. The lowest BCUT2D eigenvalue weighted by Gasteiger charge is -2.46. The summed E-state index contributed by atoms with van der Waals surface area (Å²) in [5.41, 5.74) is 0. The number of hydrogen-bond donors (Lipinski definition) is 1. The molecule has 1 heterocycles. The van der Waals surface area contributed by atoms with Gasteiger partial charge in [-0.05, 0) is 52.1 Å². The predicted octanol–water partition coefficient (Wildman–Crippen LogP) is 3.42. The molecule has 1 aliphatic carbocycles. The van der Waals surface area contributed by atoms with E-state index in [1.54, 1.807) is 0 Å². The standard InChI is InChI=1S/C16H32N2/c1-13-9-8-12-18(14(13)2)16-11-7-5-4-6-10-15(16)17-3/h13-17H,4-12H2,1-3H3. The third kappa shape index (κ3) is 3.27. The van der Waals surface area contributed by atoms with Crippen molar-refractivity contribution in [3.05, 3.63) is 0 Å². The summed E-state index contributed by atoms with van der Waals surface area (Å²) in [6.45, 7) is 6.22. The maximum Gasteiger partial charge on any atom is 0.0252 e. The highest BCUT2D eigenvalue weighted by Gasteiger charge is 2.34. The fourth-order valence-corrected chi connectivity index (χ4v) is 4.03. The van der Waals surface area contributed by atoms with Gasteiger partial charge in [0.1, 0.15) is 0 Å². The first-order valence-corrected chi connectivity index (χ1v) is 8.17. The van der Waals surface area contributed by atoms with E-state index in [2.05, 4.69) is 31.1 Å². The molecule has 0 spiro atoms. The Bertz CT molecular complexity index is 241. The number of likely N-dealkylation sites (N-methyl/N-ethyl adjacent to an activating group) is 1. The van der Waals surface area contributed by atoms with Gasteiger partial charge in [-0.3, -0.25) is 4.90 Å². The Morgan fingerprint density at radius 1 is 0.889 bits per heavy atom. The zero-order valence-corrected chi connectivity index (χ0v) is 12.6. The fraction of sp³-hybridized carbons (Fsp3) is 1.00. The van der Waals surface area contributed by atoms with E-state index < -0.39 is 0 Å². The lowest BCUT2D eigenvalue weighted by atomic mass is 9.85. The van der Waals surface area contributed by atoms with E-state index in [1.165, 1.54) is 57.9 Å². The van der Waals surface area contributed by atoms with Crippen LogP contribution in [0.4, 0.5) is 0 Å². The van der Waals surface area contributed by atoms with Crippen molar-refractivity contribution < 1.29 is 0 Å². The summed E-state index contributed by atoms with van der Waals surface area (Å²) < 4.78 is 0. The van der Waals surface area contributed by atoms with Crippen molar-refractivity contribution >= 4 is 0 Å². The summed E-state index contributed by atoms with van der Waals surface area (Å²) in [4.78, 5) is 2.83. The Balaban J connectivity index is 2.05. The second kappa shape index (κ2) is 6.91. The molecule has 1 aliphatic heterocycles. The molecule has 2 heteroatoms. The first-order valence-electron chi connectivity index (χ1n) is 8.17. The number of piperidine rings is 1. The van der Waals surface area contributed by atoms with E-state index in [4.69, 9.17) is 0 Å². The smallest absolute Gasteiger partial charge is 0.0252 e. The largest absolute Gasteiger partial charge is 0.315 e. The van der Waals surface area contributed by atoms with Crippen molar-refractivity contribution in [2.45, 2.75) is 83.3 Å². The van der Waals surface area contributed by atoms with Gasteiger partial charge in [-0.1, -0.05) is 32.6 Å². The number of likely N-dealkylation sites (tertiary alicyclic amines) is 1. The monoisotopic (exact) mass is 252 g/mol. The average molecular weight is 252 g/mol. The van der Waals surface area contributed by atoms with Gasteiger partial charge in [-0.2, -0.15) is 0 Å². The van der Waals surface area contributed by atoms with Crippen molar-refractivity contribution in [1.82, 2.24) is 10.2 Å². The van der Waals surface area contributed by atoms with Gasteiger partial charge in [0.2, 0.25) is 0 Å². The Morgan fingerprint density at radius 3 is 2.33 bits per heavy atom. The maximum absolute atomic E-state index is 3.61. The Labute approximate surface area is 114 Å². The number of rotatable bonds is 2. The molecule has 4 atom stereocenters. The van der Waals surface area contributed by atoms with Crippen LogP contribution < -0.4 is 5.32 Å². The molecule has 18 heavy (non-hydrogen) atoms. The molecule has 0 aromatic carbocycles. The maximum atomic E-state index is 3.61. The number of nitrogens with zero attached hydrogens (tertiary/aromatic N) is 1. The number of nitrogens with one attached hydrogen (secondary N) is 1. The molecule has 2 fully saturated rings. The summed E-state index contributed by atoms with van der Waals surface area (Å²) in [6, 6.07) is 2.28. The van der Waals surface area contributed by atoms with E-state index >= 15 is 0 Å². The van der Waals surface area contributed by atoms with E-state index in [0.29, 0.717) is 0 Å². The van der Waals surface area contributed by atoms with E-state index in [0.717, 1.165) is 24.0 Å². The van der Waals surface area contributed by atoms with Crippen molar-refractivity contribution in [2.75, 3.05) is 13.6 Å². The van der Waals surface area contributed by atoms with Crippen LogP contribution in [0.3, 0.4) is 0 Å². The predicted molar refractivity (Wildman–Crippen MR) is 78.9 cm³/mol. The quantitative estimate of drug-likeness (QED) is 0.810. The molecule has 0 radical (unpaired) electrons. The first-order chi connectivity index (χ1) is 8.74. The summed E-state index contributed by atoms with van der Waals surface area (Å²) in [7, 11) is 2.16. The Kier molecular flexibility index (Phi) is 5.50. The molecule has 2 aliphatic rings. The minimum Gasteiger partial charge on any atom is -0.315 e. The zero-order chi connectivity index (χ0) is 13.0. The van der Waals surface area contributed by atoms with Crippen LogP contribution in [0.15, 0.2) is 0 Å². The third-order valence-corrected chi connectivity index (χ3v) is 5.45. The van der Waals surface area contributed by atoms with Crippen molar-refractivity contribution in [1.29, 1.82) is 0 Å². The molecule has 4 unspecified atom stereocenters. The van der Waals surface area contributed by atoms with Gasteiger partial charge in [-0.25, -0.2) is 0 Å². The van der Waals surface area contributed by atoms with E-state index in [1.807, 2.05) is 0 Å². The summed E-state index contributed by atoms with van der Waals surface area (Å²) >= 11 is 0. The first kappa shape index (κ1) is 14.3. The molecule has 0 amide bonds. The molecule has 0 aromatic heterocycles. The molecule has 1 saturated carbocycles. The van der Waals surface area contributed by atoms with Crippen LogP contribution in [0, 0.1) is 5.92 Å². The van der Waals surface area contributed by atoms with Gasteiger partial charge < -0.3 is 5.32 Å². The highest BCUT2D eigenvalue weighted by Crippen LogP contribution is 2.30. The van der Waals surface area contributed by atoms with Crippen LogP contribution >= 0.6 is 0 Å². The Morgan fingerprint density at radius 2 is 1.61 bits per heavy atom. The SMILES string of the molecule is CNC1CCCCCCC1N1CCCC(C)C1C. The highest BCUT2D eigenvalue weighted by molar-refractivity contribution is 4.91. The van der Waals surface area contributed by atoms with Gasteiger partial charge in [0.15, 0.2) is 0 Å². The normalized spacial score (nSPS) is 40.2. The molecule has 106 valence electrons. The van der Waals surface area contributed by atoms with Gasteiger partial charge >= 0.3 is 0 Å². The Hall–Kier alpha value is -0.0800. The lowest BCUT2D eigenvalue weighted by molar-refractivity contribution is 0.0409. The van der Waals surface area contributed by atoms with Crippen molar-refractivity contribution in [3.63, 3.8) is 0 Å². The van der Waals surface area contributed by atoms with Crippen LogP contribution in [-0.4, -0.2) is 36.6 Å². The molecule has 0 bridgehead atoms. The van der Waals surface area contributed by atoms with Crippen molar-refractivity contribution in [2.24, 2.45) is 5.92 Å². The van der Waals surface area contributed by atoms with E-state index in [9.17, 15) is 0 Å². The van der Waals surface area contributed by atoms with Crippen LogP contribution in [0.1, 0.15) is 65.2 Å². The molecular weight excluding hydrogens is 220 g/mol. The van der Waals surface area contributed by atoms with Gasteiger partial charge in [-0.15, -0.1) is 0 Å².